The molecule has 0 radical (unpaired) electrons. The van der Waals surface area contributed by atoms with Crippen LogP contribution in [0.2, 0.25) is 0 Å². The summed E-state index contributed by atoms with van der Waals surface area (Å²) in [5, 5.41) is 25.7. The molecule has 7 nitrogen and oxygen atoms in total. The Labute approximate surface area is 229 Å². The number of phenolic OH excluding ortho intramolecular Hbond substituents is 1. The number of hydrogen-bond acceptors (Lipinski definition) is 6. The molecule has 3 fully saturated rings. The maximum atomic E-state index is 13.8. The Kier molecular flexibility index (Phi) is 6.29. The molecule has 3 N–H and O–H groups in total. The van der Waals surface area contributed by atoms with E-state index in [9.17, 15) is 19.8 Å². The molecule has 2 amide bonds. The predicted molar refractivity (Wildman–Crippen MR) is 147 cm³/mol. The smallest absolute Gasteiger partial charge is 0.238 e. The average molecular weight is 577 g/mol. The molecular formula is C30H29BrN2O5. The average Bonchev–Trinajstić information content (AvgIpc) is 3.39. The van der Waals surface area contributed by atoms with Crippen LogP contribution in [0.25, 0.3) is 0 Å². The zero-order valence-corrected chi connectivity index (χ0v) is 22.5. The van der Waals surface area contributed by atoms with Crippen LogP contribution in [-0.2, 0) is 14.3 Å². The number of carbonyl (C=O) groups is 2. The monoisotopic (exact) mass is 576 g/mol. The van der Waals surface area contributed by atoms with Gasteiger partial charge in [0, 0.05) is 33.2 Å². The number of anilines is 3. The van der Waals surface area contributed by atoms with E-state index in [2.05, 4.69) is 21.2 Å². The molecule has 2 heterocycles. The van der Waals surface area contributed by atoms with Gasteiger partial charge in [-0.25, -0.2) is 0 Å². The van der Waals surface area contributed by atoms with E-state index in [0.717, 1.165) is 15.8 Å². The topological polar surface area (TPSA) is 99.1 Å². The summed E-state index contributed by atoms with van der Waals surface area (Å²) in [5.41, 5.74) is 2.86. The number of fused-ring (bicyclic) bond motifs is 3. The molecule has 1 aliphatic carbocycles. The van der Waals surface area contributed by atoms with Crippen molar-refractivity contribution in [3.05, 3.63) is 82.8 Å². The van der Waals surface area contributed by atoms with Crippen molar-refractivity contribution in [2.45, 2.75) is 38.1 Å². The van der Waals surface area contributed by atoms with Gasteiger partial charge < -0.3 is 20.3 Å². The van der Waals surface area contributed by atoms with Crippen molar-refractivity contribution in [3.63, 3.8) is 0 Å². The van der Waals surface area contributed by atoms with Gasteiger partial charge in [-0.1, -0.05) is 41.1 Å². The summed E-state index contributed by atoms with van der Waals surface area (Å²) in [4.78, 5) is 28.8. The molecule has 1 saturated carbocycles. The van der Waals surface area contributed by atoms with Crippen LogP contribution in [0.3, 0.4) is 0 Å². The van der Waals surface area contributed by atoms with Crippen molar-refractivity contribution in [3.8, 4) is 5.75 Å². The number of benzene rings is 3. The van der Waals surface area contributed by atoms with Crippen LogP contribution in [0, 0.1) is 23.7 Å². The van der Waals surface area contributed by atoms with Crippen molar-refractivity contribution >= 4 is 44.8 Å². The first-order valence-electron chi connectivity index (χ1n) is 13.0. The Morgan fingerprint density at radius 3 is 2.42 bits per heavy atom. The van der Waals surface area contributed by atoms with Gasteiger partial charge in [-0.2, -0.15) is 0 Å². The molecule has 8 heteroatoms. The van der Waals surface area contributed by atoms with Crippen LogP contribution in [0.5, 0.6) is 5.75 Å². The summed E-state index contributed by atoms with van der Waals surface area (Å²) in [6.45, 7) is 1.96. The van der Waals surface area contributed by atoms with Gasteiger partial charge in [-0.3, -0.25) is 14.5 Å². The third-order valence-corrected chi connectivity index (χ3v) is 8.87. The van der Waals surface area contributed by atoms with Crippen LogP contribution in [0.1, 0.15) is 37.9 Å². The largest absolute Gasteiger partial charge is 0.508 e. The second kappa shape index (κ2) is 9.52. The number of amides is 2. The molecule has 38 heavy (non-hydrogen) atoms. The van der Waals surface area contributed by atoms with Gasteiger partial charge in [0.2, 0.25) is 11.8 Å². The molecule has 6 rings (SSSR count). The Hall–Kier alpha value is -3.20. The highest BCUT2D eigenvalue weighted by molar-refractivity contribution is 9.10. The summed E-state index contributed by atoms with van der Waals surface area (Å²) in [6, 6.07) is 22.1. The van der Waals surface area contributed by atoms with Crippen LogP contribution in [-0.4, -0.2) is 27.8 Å². The number of rotatable bonds is 5. The summed E-state index contributed by atoms with van der Waals surface area (Å²) >= 11 is 3.44. The Bertz CT molecular complexity index is 1380. The van der Waals surface area contributed by atoms with E-state index in [0.29, 0.717) is 30.5 Å². The highest BCUT2D eigenvalue weighted by atomic mass is 79.9. The zero-order valence-electron chi connectivity index (χ0n) is 20.9. The number of halogens is 1. The van der Waals surface area contributed by atoms with Crippen molar-refractivity contribution in [2.24, 2.45) is 23.7 Å². The van der Waals surface area contributed by atoms with Gasteiger partial charge in [0.05, 0.1) is 23.6 Å². The quantitative estimate of drug-likeness (QED) is 0.327. The minimum atomic E-state index is -1.55. The van der Waals surface area contributed by atoms with Gasteiger partial charge in [-0.05, 0) is 73.9 Å². The number of aliphatic hydroxyl groups is 1. The SMILES string of the molecule is CC[C@H]1C[C@@H]2C(=O)N(c3ccc(Nc4ccccc4)cc3)C(=O)[C@@H]2[C@@H]2C[C@@H](c3cc(Br)ccc3O)O[C@]12O. The van der Waals surface area contributed by atoms with E-state index < -0.39 is 29.6 Å². The highest BCUT2D eigenvalue weighted by Gasteiger charge is 2.66. The van der Waals surface area contributed by atoms with Crippen LogP contribution < -0.4 is 10.2 Å². The van der Waals surface area contributed by atoms with E-state index in [1.54, 1.807) is 30.3 Å². The lowest BCUT2D eigenvalue weighted by atomic mass is 9.64. The molecular weight excluding hydrogens is 548 g/mol. The maximum Gasteiger partial charge on any atom is 0.238 e. The highest BCUT2D eigenvalue weighted by Crippen LogP contribution is 2.59. The fraction of sp³-hybridized carbons (Fsp3) is 0.333. The minimum absolute atomic E-state index is 0.0738. The number of nitrogens with zero attached hydrogens (tertiary/aromatic N) is 1. The number of carbonyl (C=O) groups excluding carboxylic acids is 2. The first kappa shape index (κ1) is 25.1. The first-order valence-corrected chi connectivity index (χ1v) is 13.8. The number of phenols is 1. The lowest BCUT2D eigenvalue weighted by Gasteiger charge is -2.44. The molecule has 2 aliphatic heterocycles. The summed E-state index contributed by atoms with van der Waals surface area (Å²) in [6.07, 6.45) is 0.732. The molecule has 2 saturated heterocycles. The number of aromatic hydroxyl groups is 1. The van der Waals surface area contributed by atoms with E-state index >= 15 is 0 Å². The van der Waals surface area contributed by atoms with Gasteiger partial charge >= 0.3 is 0 Å². The molecule has 0 unspecified atom stereocenters. The Morgan fingerprint density at radius 1 is 1.00 bits per heavy atom. The van der Waals surface area contributed by atoms with Gasteiger partial charge in [-0.15, -0.1) is 0 Å². The van der Waals surface area contributed by atoms with E-state index in [4.69, 9.17) is 4.74 Å². The van der Waals surface area contributed by atoms with Crippen molar-refractivity contribution < 1.29 is 24.5 Å². The second-order valence-electron chi connectivity index (χ2n) is 10.4. The molecule has 3 aliphatic rings. The number of imide groups is 1. The van der Waals surface area contributed by atoms with Crippen molar-refractivity contribution in [1.29, 1.82) is 0 Å². The third kappa shape index (κ3) is 4.02. The first-order chi connectivity index (χ1) is 18.3. The number of ether oxygens (including phenoxy) is 1. The van der Waals surface area contributed by atoms with Crippen LogP contribution >= 0.6 is 15.9 Å². The summed E-state index contributed by atoms with van der Waals surface area (Å²) < 4.78 is 7.05. The fourth-order valence-electron chi connectivity index (χ4n) is 6.56. The van der Waals surface area contributed by atoms with E-state index in [1.807, 2.05) is 49.4 Å². The molecule has 0 aromatic heterocycles. The molecule has 3 aromatic rings. The third-order valence-electron chi connectivity index (χ3n) is 8.38. The fourth-order valence-corrected chi connectivity index (χ4v) is 6.94. The molecule has 0 spiro atoms. The van der Waals surface area contributed by atoms with E-state index in [1.165, 1.54) is 4.90 Å². The maximum absolute atomic E-state index is 13.8. The van der Waals surface area contributed by atoms with Gasteiger partial charge in [0.15, 0.2) is 5.79 Å². The van der Waals surface area contributed by atoms with Gasteiger partial charge in [0.25, 0.3) is 0 Å². The lowest BCUT2D eigenvalue weighted by molar-refractivity contribution is -0.269. The van der Waals surface area contributed by atoms with Crippen LogP contribution in [0.4, 0.5) is 17.1 Å². The van der Waals surface area contributed by atoms with Gasteiger partial charge in [0.1, 0.15) is 5.75 Å². The standard InChI is InChI=1S/C30H29BrN2O5/c1-2-17-14-23-27(24-16-26(38-30(17,24)37)22-15-18(31)8-13-25(22)34)29(36)33(28(23)35)21-11-9-20(10-12-21)32-19-6-4-3-5-7-19/h3-13,15,17,23-24,26-27,32,34,37H,2,14,16H2,1H3/t17-,23-,24-,26-,27-,30+/m0/s1. The second-order valence-corrected chi connectivity index (χ2v) is 11.3. The number of hydrogen-bond donors (Lipinski definition) is 3. The van der Waals surface area contributed by atoms with Crippen molar-refractivity contribution in [2.75, 3.05) is 10.2 Å². The minimum Gasteiger partial charge on any atom is -0.508 e. The molecule has 0 bridgehead atoms. The zero-order chi connectivity index (χ0) is 26.6. The Balaban J connectivity index is 1.29. The predicted octanol–water partition coefficient (Wildman–Crippen LogP) is 5.90. The lowest BCUT2D eigenvalue weighted by Crippen LogP contribution is -2.53. The molecule has 6 atom stereocenters. The molecule has 196 valence electrons. The number of nitrogens with one attached hydrogen (secondary N) is 1. The van der Waals surface area contributed by atoms with Crippen molar-refractivity contribution in [1.82, 2.24) is 0 Å². The summed E-state index contributed by atoms with van der Waals surface area (Å²) in [7, 11) is 0. The Morgan fingerprint density at radius 2 is 1.71 bits per heavy atom. The normalized spacial score (nSPS) is 30.3. The summed E-state index contributed by atoms with van der Waals surface area (Å²) in [5.74, 6) is -4.07. The van der Waals surface area contributed by atoms with E-state index in [-0.39, 0.29) is 23.5 Å². The number of para-hydroxylation sites is 1. The molecule has 3 aromatic carbocycles. The van der Waals surface area contributed by atoms with Crippen LogP contribution in [0.15, 0.2) is 77.3 Å².